The van der Waals surface area contributed by atoms with E-state index >= 15 is 0 Å². The number of aromatic nitrogens is 2. The Hall–Kier alpha value is -2.34. The molecule has 1 atom stereocenters. The van der Waals surface area contributed by atoms with Gasteiger partial charge >= 0.3 is 0 Å². The molecule has 0 saturated carbocycles. The van der Waals surface area contributed by atoms with Crippen LogP contribution in [0.25, 0.3) is 0 Å². The number of carbonyl (C=O) groups is 1. The molecule has 1 amide bonds. The fourth-order valence-electron chi connectivity index (χ4n) is 2.40. The van der Waals surface area contributed by atoms with Gasteiger partial charge in [-0.1, -0.05) is 18.2 Å². The molecule has 6 heteroatoms. The number of benzene rings is 1. The quantitative estimate of drug-likeness (QED) is 0.710. The molecule has 6 nitrogen and oxygen atoms in total. The Kier molecular flexibility index (Phi) is 4.16. The van der Waals surface area contributed by atoms with Gasteiger partial charge in [0.25, 0.3) is 0 Å². The summed E-state index contributed by atoms with van der Waals surface area (Å²) in [4.78, 5) is 19.5. The number of hydrogen-bond acceptors (Lipinski definition) is 4. The summed E-state index contributed by atoms with van der Waals surface area (Å²) in [5.74, 6) is 0.733. The summed E-state index contributed by atoms with van der Waals surface area (Å²) in [5.41, 5.74) is 1.83. The fraction of sp³-hybridized carbons (Fsp3) is 0.333. The zero-order valence-electron chi connectivity index (χ0n) is 11.6. The van der Waals surface area contributed by atoms with E-state index in [0.29, 0.717) is 13.2 Å². The molecule has 0 fully saturated rings. The van der Waals surface area contributed by atoms with E-state index in [1.54, 1.807) is 6.33 Å². The molecule has 1 aliphatic rings. The van der Waals surface area contributed by atoms with E-state index in [2.05, 4.69) is 20.6 Å². The van der Waals surface area contributed by atoms with Crippen LogP contribution in [-0.4, -0.2) is 35.6 Å². The minimum Gasteiger partial charge on any atom is -0.492 e. The second kappa shape index (κ2) is 6.41. The van der Waals surface area contributed by atoms with E-state index in [1.807, 2.05) is 30.3 Å². The predicted molar refractivity (Wildman–Crippen MR) is 78.0 cm³/mol. The molecule has 2 heterocycles. The van der Waals surface area contributed by atoms with Crippen LogP contribution in [0.15, 0.2) is 36.7 Å². The first kappa shape index (κ1) is 13.6. The number of ether oxygens (including phenoxy) is 1. The fourth-order valence-corrected chi connectivity index (χ4v) is 2.40. The minimum absolute atomic E-state index is 0.0697. The molecular weight excluding hydrogens is 268 g/mol. The molecule has 1 aromatic heterocycles. The van der Waals surface area contributed by atoms with Crippen molar-refractivity contribution >= 4 is 5.91 Å². The maximum absolute atomic E-state index is 12.2. The second-order valence-electron chi connectivity index (χ2n) is 4.86. The van der Waals surface area contributed by atoms with Crippen molar-refractivity contribution in [3.63, 3.8) is 0 Å². The van der Waals surface area contributed by atoms with Crippen molar-refractivity contribution in [1.82, 2.24) is 20.6 Å². The molecule has 110 valence electrons. The number of H-pyrrole nitrogens is 1. The number of carbonyl (C=O) groups excluding carboxylic acids is 1. The van der Waals surface area contributed by atoms with Crippen LogP contribution in [-0.2, 0) is 11.2 Å². The van der Waals surface area contributed by atoms with Crippen LogP contribution in [0.2, 0.25) is 0 Å². The topological polar surface area (TPSA) is 79.0 Å². The molecule has 0 bridgehead atoms. The Morgan fingerprint density at radius 2 is 2.24 bits per heavy atom. The average molecular weight is 286 g/mol. The van der Waals surface area contributed by atoms with Crippen molar-refractivity contribution in [2.75, 3.05) is 19.7 Å². The van der Waals surface area contributed by atoms with Gasteiger partial charge in [-0.2, -0.15) is 0 Å². The Morgan fingerprint density at radius 1 is 1.38 bits per heavy atom. The number of nitrogens with zero attached hydrogens (tertiary/aromatic N) is 1. The van der Waals surface area contributed by atoms with E-state index in [4.69, 9.17) is 4.74 Å². The third kappa shape index (κ3) is 3.22. The summed E-state index contributed by atoms with van der Waals surface area (Å²) in [6.45, 7) is 1.68. The van der Waals surface area contributed by atoms with Gasteiger partial charge in [-0.05, 0) is 12.1 Å². The Balaban J connectivity index is 1.47. The first-order valence-electron chi connectivity index (χ1n) is 7.05. The molecule has 0 radical (unpaired) electrons. The number of imidazole rings is 1. The summed E-state index contributed by atoms with van der Waals surface area (Å²) in [5, 5.41) is 6.06. The zero-order chi connectivity index (χ0) is 14.5. The molecule has 0 spiro atoms. The lowest BCUT2D eigenvalue weighted by atomic mass is 10.1. The van der Waals surface area contributed by atoms with Gasteiger partial charge in [0.1, 0.15) is 18.4 Å². The third-order valence-electron chi connectivity index (χ3n) is 3.42. The Labute approximate surface area is 122 Å². The second-order valence-corrected chi connectivity index (χ2v) is 4.86. The number of amides is 1. The minimum atomic E-state index is -0.378. The maximum Gasteiger partial charge on any atom is 0.243 e. The van der Waals surface area contributed by atoms with Gasteiger partial charge in [0.15, 0.2) is 0 Å². The largest absolute Gasteiger partial charge is 0.492 e. The molecule has 0 aliphatic carbocycles. The van der Waals surface area contributed by atoms with Gasteiger partial charge in [0.05, 0.1) is 18.6 Å². The summed E-state index contributed by atoms with van der Waals surface area (Å²) in [6.07, 6.45) is 2.51. The van der Waals surface area contributed by atoms with Crippen molar-refractivity contribution in [1.29, 1.82) is 0 Å². The highest BCUT2D eigenvalue weighted by molar-refractivity contribution is 5.83. The van der Waals surface area contributed by atoms with Crippen LogP contribution in [0.1, 0.15) is 17.4 Å². The molecule has 21 heavy (non-hydrogen) atoms. The highest BCUT2D eigenvalue weighted by Gasteiger charge is 2.27. The van der Waals surface area contributed by atoms with Crippen molar-refractivity contribution in [3.05, 3.63) is 48.0 Å². The summed E-state index contributed by atoms with van der Waals surface area (Å²) < 4.78 is 5.54. The molecule has 3 rings (SSSR count). The number of hydrogen-bond donors (Lipinski definition) is 3. The number of para-hydroxylation sites is 1. The lowest BCUT2D eigenvalue weighted by Crippen LogP contribution is -2.42. The molecule has 0 saturated heterocycles. The van der Waals surface area contributed by atoms with Crippen molar-refractivity contribution in [2.45, 2.75) is 12.5 Å². The van der Waals surface area contributed by atoms with Gasteiger partial charge in [-0.25, -0.2) is 4.98 Å². The van der Waals surface area contributed by atoms with E-state index in [-0.39, 0.29) is 11.9 Å². The first-order valence-corrected chi connectivity index (χ1v) is 7.05. The van der Waals surface area contributed by atoms with Crippen LogP contribution < -0.4 is 15.4 Å². The average Bonchev–Trinajstić information content (AvgIpc) is 3.01. The monoisotopic (exact) mass is 286 g/mol. The van der Waals surface area contributed by atoms with E-state index in [1.165, 1.54) is 0 Å². The van der Waals surface area contributed by atoms with Crippen molar-refractivity contribution in [3.8, 4) is 5.75 Å². The van der Waals surface area contributed by atoms with Crippen LogP contribution >= 0.6 is 0 Å². The maximum atomic E-state index is 12.2. The molecule has 1 aromatic carbocycles. The predicted octanol–water partition coefficient (Wildman–Crippen LogP) is 0.792. The van der Waals surface area contributed by atoms with Gasteiger partial charge in [0.2, 0.25) is 5.91 Å². The SMILES string of the molecule is O=C(NCCOc1ccccc1)[C@@H]1NCCc2[nH]cnc21. The molecular formula is C15H18N4O2. The lowest BCUT2D eigenvalue weighted by Gasteiger charge is -2.22. The molecule has 3 N–H and O–H groups in total. The molecule has 1 aliphatic heterocycles. The van der Waals surface area contributed by atoms with Crippen molar-refractivity contribution in [2.24, 2.45) is 0 Å². The van der Waals surface area contributed by atoms with Crippen LogP contribution in [0.5, 0.6) is 5.75 Å². The molecule has 0 unspecified atom stereocenters. The highest BCUT2D eigenvalue weighted by Crippen LogP contribution is 2.18. The van der Waals surface area contributed by atoms with Gasteiger partial charge < -0.3 is 20.4 Å². The normalized spacial score (nSPS) is 17.0. The number of fused-ring (bicyclic) bond motifs is 1. The van der Waals surface area contributed by atoms with E-state index < -0.39 is 0 Å². The molecule has 2 aromatic rings. The standard InChI is InChI=1S/C15H18N4O2/c20-15(14-13-12(6-7-16-14)18-10-19-13)17-8-9-21-11-4-2-1-3-5-11/h1-5,10,14,16H,6-9H2,(H,17,20)(H,18,19)/t14-/m1/s1. The lowest BCUT2D eigenvalue weighted by molar-refractivity contribution is -0.123. The number of nitrogens with one attached hydrogen (secondary N) is 3. The summed E-state index contributed by atoms with van der Waals surface area (Å²) in [7, 11) is 0. The number of rotatable bonds is 5. The first-order chi connectivity index (χ1) is 10.3. The summed E-state index contributed by atoms with van der Waals surface area (Å²) >= 11 is 0. The number of aromatic amines is 1. The van der Waals surface area contributed by atoms with Crippen LogP contribution in [0.3, 0.4) is 0 Å². The van der Waals surface area contributed by atoms with E-state index in [9.17, 15) is 4.79 Å². The van der Waals surface area contributed by atoms with Crippen LogP contribution in [0, 0.1) is 0 Å². The van der Waals surface area contributed by atoms with Crippen molar-refractivity contribution < 1.29 is 9.53 Å². The van der Waals surface area contributed by atoms with Gasteiger partial charge in [-0.3, -0.25) is 4.79 Å². The third-order valence-corrected chi connectivity index (χ3v) is 3.42. The van der Waals surface area contributed by atoms with Gasteiger partial charge in [0, 0.05) is 18.7 Å². The van der Waals surface area contributed by atoms with Crippen LogP contribution in [0.4, 0.5) is 0 Å². The highest BCUT2D eigenvalue weighted by atomic mass is 16.5. The summed E-state index contributed by atoms with van der Waals surface area (Å²) in [6, 6.07) is 9.17. The van der Waals surface area contributed by atoms with E-state index in [0.717, 1.165) is 30.1 Å². The van der Waals surface area contributed by atoms with Gasteiger partial charge in [-0.15, -0.1) is 0 Å². The Morgan fingerprint density at radius 3 is 3.10 bits per heavy atom. The zero-order valence-corrected chi connectivity index (χ0v) is 11.6. The Bertz CT molecular complexity index is 597. The smallest absolute Gasteiger partial charge is 0.243 e.